The standard InChI is InChI=1S/C21H25FN4O.ClH/c22-19-5-3-16(4-6-19)17-7-11-25(12-8-17)21(27)15-26-13-9-20(24-26)18-2-1-10-23-14-18;/h3-7,9,13,18,23H,1-2,8,10-12,14-15H2;1H. The van der Waals surface area contributed by atoms with Crippen molar-refractivity contribution in [1.29, 1.82) is 0 Å². The van der Waals surface area contributed by atoms with Gasteiger partial charge in [0, 0.05) is 31.7 Å². The van der Waals surface area contributed by atoms with E-state index in [0.717, 1.165) is 37.2 Å². The smallest absolute Gasteiger partial charge is 0.244 e. The highest BCUT2D eigenvalue weighted by molar-refractivity contribution is 5.85. The van der Waals surface area contributed by atoms with Gasteiger partial charge in [-0.15, -0.1) is 12.4 Å². The second-order valence-corrected chi connectivity index (χ2v) is 7.31. The maximum Gasteiger partial charge on any atom is 0.244 e. The molecule has 7 heteroatoms. The number of piperidine rings is 1. The van der Waals surface area contributed by atoms with E-state index in [1.54, 1.807) is 16.8 Å². The third kappa shape index (κ3) is 4.80. The number of aromatic nitrogens is 2. The average molecular weight is 405 g/mol. The molecule has 1 fully saturated rings. The van der Waals surface area contributed by atoms with Crippen LogP contribution in [0.3, 0.4) is 0 Å². The van der Waals surface area contributed by atoms with Crippen LogP contribution in [0.5, 0.6) is 0 Å². The quantitative estimate of drug-likeness (QED) is 0.851. The lowest BCUT2D eigenvalue weighted by molar-refractivity contribution is -0.131. The van der Waals surface area contributed by atoms with Crippen LogP contribution in [0.25, 0.3) is 5.57 Å². The van der Waals surface area contributed by atoms with Crippen molar-refractivity contribution in [2.24, 2.45) is 0 Å². The highest BCUT2D eigenvalue weighted by Crippen LogP contribution is 2.23. The van der Waals surface area contributed by atoms with Crippen molar-refractivity contribution in [2.75, 3.05) is 26.2 Å². The summed E-state index contributed by atoms with van der Waals surface area (Å²) in [5, 5.41) is 8.02. The Balaban J connectivity index is 0.00000225. The normalized spacial score (nSPS) is 19.7. The van der Waals surface area contributed by atoms with Gasteiger partial charge in [-0.1, -0.05) is 18.2 Å². The van der Waals surface area contributed by atoms with Crippen LogP contribution >= 0.6 is 12.4 Å². The molecule has 1 N–H and O–H groups in total. The van der Waals surface area contributed by atoms with Crippen molar-refractivity contribution in [2.45, 2.75) is 31.7 Å². The fourth-order valence-corrected chi connectivity index (χ4v) is 3.85. The first kappa shape index (κ1) is 20.6. The van der Waals surface area contributed by atoms with Gasteiger partial charge in [-0.05, 0) is 55.1 Å². The van der Waals surface area contributed by atoms with Crippen LogP contribution < -0.4 is 5.32 Å². The Labute approximate surface area is 171 Å². The predicted octanol–water partition coefficient (Wildman–Crippen LogP) is 3.23. The summed E-state index contributed by atoms with van der Waals surface area (Å²) in [6.45, 7) is 3.60. The first-order valence-corrected chi connectivity index (χ1v) is 9.66. The second kappa shape index (κ2) is 9.34. The Morgan fingerprint density at radius 2 is 2.07 bits per heavy atom. The van der Waals surface area contributed by atoms with Gasteiger partial charge in [0.1, 0.15) is 12.4 Å². The van der Waals surface area contributed by atoms with Gasteiger partial charge in [0.05, 0.1) is 5.69 Å². The molecule has 1 aromatic heterocycles. The number of amides is 1. The fourth-order valence-electron chi connectivity index (χ4n) is 3.85. The lowest BCUT2D eigenvalue weighted by atomic mass is 9.97. The van der Waals surface area contributed by atoms with Crippen LogP contribution in [0.2, 0.25) is 0 Å². The summed E-state index contributed by atoms with van der Waals surface area (Å²) in [6, 6.07) is 8.58. The molecule has 0 saturated carbocycles. The Kier molecular flexibility index (Phi) is 6.86. The lowest BCUT2D eigenvalue weighted by Crippen LogP contribution is -2.37. The van der Waals surface area contributed by atoms with Gasteiger partial charge in [-0.2, -0.15) is 5.10 Å². The Bertz CT molecular complexity index is 827. The number of carbonyl (C=O) groups excluding carboxylic acids is 1. The predicted molar refractivity (Wildman–Crippen MR) is 110 cm³/mol. The second-order valence-electron chi connectivity index (χ2n) is 7.31. The van der Waals surface area contributed by atoms with E-state index in [9.17, 15) is 9.18 Å². The van der Waals surface area contributed by atoms with Gasteiger partial charge >= 0.3 is 0 Å². The maximum atomic E-state index is 13.1. The van der Waals surface area contributed by atoms with Crippen LogP contribution in [0.4, 0.5) is 4.39 Å². The molecular weight excluding hydrogens is 379 g/mol. The molecule has 2 aliphatic rings. The molecular formula is C21H26ClFN4O. The summed E-state index contributed by atoms with van der Waals surface area (Å²) in [4.78, 5) is 14.5. The SMILES string of the molecule is Cl.O=C(Cn1ccc(C2CCCNC2)n1)N1CC=C(c2ccc(F)cc2)CC1. The fraction of sp³-hybridized carbons (Fsp3) is 0.429. The molecule has 0 radical (unpaired) electrons. The van der Waals surface area contributed by atoms with E-state index in [-0.39, 0.29) is 30.7 Å². The zero-order valence-electron chi connectivity index (χ0n) is 15.8. The van der Waals surface area contributed by atoms with Crippen molar-refractivity contribution in [3.8, 4) is 0 Å². The summed E-state index contributed by atoms with van der Waals surface area (Å²) >= 11 is 0. The molecule has 4 rings (SSSR count). The van der Waals surface area contributed by atoms with Crippen molar-refractivity contribution in [3.05, 3.63) is 59.7 Å². The van der Waals surface area contributed by atoms with Crippen LogP contribution in [0, 0.1) is 5.82 Å². The third-order valence-corrected chi connectivity index (χ3v) is 5.45. The minimum atomic E-state index is -0.227. The van der Waals surface area contributed by atoms with E-state index < -0.39 is 0 Å². The van der Waals surface area contributed by atoms with Crippen LogP contribution in [0.1, 0.15) is 36.4 Å². The summed E-state index contributed by atoms with van der Waals surface area (Å²) in [6.07, 6.45) is 7.09. The first-order chi connectivity index (χ1) is 13.2. The zero-order valence-corrected chi connectivity index (χ0v) is 16.6. The van der Waals surface area contributed by atoms with Gasteiger partial charge in [0.25, 0.3) is 0 Å². The lowest BCUT2D eigenvalue weighted by Gasteiger charge is -2.26. The van der Waals surface area contributed by atoms with E-state index in [1.807, 2.05) is 17.2 Å². The Morgan fingerprint density at radius 3 is 2.75 bits per heavy atom. The number of hydrogen-bond acceptors (Lipinski definition) is 3. The largest absolute Gasteiger partial charge is 0.337 e. The molecule has 1 saturated heterocycles. The molecule has 1 aromatic carbocycles. The number of hydrogen-bond donors (Lipinski definition) is 1. The number of carbonyl (C=O) groups is 1. The zero-order chi connectivity index (χ0) is 18.6. The minimum absolute atomic E-state index is 0. The molecule has 0 aliphatic carbocycles. The first-order valence-electron chi connectivity index (χ1n) is 9.66. The van der Waals surface area contributed by atoms with Crippen LogP contribution in [-0.2, 0) is 11.3 Å². The molecule has 2 aromatic rings. The van der Waals surface area contributed by atoms with Gasteiger partial charge in [0.2, 0.25) is 5.91 Å². The van der Waals surface area contributed by atoms with E-state index in [1.165, 1.54) is 24.1 Å². The van der Waals surface area contributed by atoms with Crippen LogP contribution in [0.15, 0.2) is 42.6 Å². The van der Waals surface area contributed by atoms with E-state index >= 15 is 0 Å². The van der Waals surface area contributed by atoms with Gasteiger partial charge < -0.3 is 10.2 Å². The summed E-state index contributed by atoms with van der Waals surface area (Å²) in [7, 11) is 0. The average Bonchev–Trinajstić information content (AvgIpc) is 3.18. The molecule has 2 aliphatic heterocycles. The van der Waals surface area contributed by atoms with Crippen molar-refractivity contribution in [3.63, 3.8) is 0 Å². The summed E-state index contributed by atoms with van der Waals surface area (Å²) in [5.74, 6) is 0.307. The molecule has 1 unspecified atom stereocenters. The Morgan fingerprint density at radius 1 is 1.25 bits per heavy atom. The van der Waals surface area contributed by atoms with Crippen molar-refractivity contribution in [1.82, 2.24) is 20.0 Å². The van der Waals surface area contributed by atoms with Crippen molar-refractivity contribution < 1.29 is 9.18 Å². The Hall–Kier alpha value is -2.18. The monoisotopic (exact) mass is 404 g/mol. The molecule has 0 bridgehead atoms. The number of nitrogens with zero attached hydrogens (tertiary/aromatic N) is 3. The molecule has 3 heterocycles. The summed E-state index contributed by atoms with van der Waals surface area (Å²) < 4.78 is 14.8. The van der Waals surface area contributed by atoms with Gasteiger partial charge in [0.15, 0.2) is 0 Å². The summed E-state index contributed by atoms with van der Waals surface area (Å²) in [5.41, 5.74) is 3.28. The number of benzene rings is 1. The third-order valence-electron chi connectivity index (χ3n) is 5.45. The van der Waals surface area contributed by atoms with Gasteiger partial charge in [-0.25, -0.2) is 4.39 Å². The van der Waals surface area contributed by atoms with Crippen LogP contribution in [-0.4, -0.2) is 46.8 Å². The number of nitrogens with one attached hydrogen (secondary N) is 1. The highest BCUT2D eigenvalue weighted by atomic mass is 35.5. The molecule has 28 heavy (non-hydrogen) atoms. The molecule has 5 nitrogen and oxygen atoms in total. The van der Waals surface area contributed by atoms with E-state index in [0.29, 0.717) is 19.0 Å². The van der Waals surface area contributed by atoms with Crippen molar-refractivity contribution >= 4 is 23.9 Å². The molecule has 0 spiro atoms. The molecule has 1 atom stereocenters. The van der Waals surface area contributed by atoms with E-state index in [4.69, 9.17) is 0 Å². The van der Waals surface area contributed by atoms with Gasteiger partial charge in [-0.3, -0.25) is 9.48 Å². The molecule has 1 amide bonds. The van der Waals surface area contributed by atoms with E-state index in [2.05, 4.69) is 16.5 Å². The number of rotatable bonds is 4. The highest BCUT2D eigenvalue weighted by Gasteiger charge is 2.20. The number of halogens is 2. The molecule has 150 valence electrons. The maximum absolute atomic E-state index is 13.1. The topological polar surface area (TPSA) is 50.2 Å². The minimum Gasteiger partial charge on any atom is -0.337 e.